The lowest BCUT2D eigenvalue weighted by atomic mass is 9.86. The van der Waals surface area contributed by atoms with Crippen LogP contribution in [0.2, 0.25) is 0 Å². The Morgan fingerprint density at radius 3 is 2.70 bits per heavy atom. The van der Waals surface area contributed by atoms with E-state index in [1.54, 1.807) is 12.1 Å². The first-order chi connectivity index (χ1) is 9.75. The van der Waals surface area contributed by atoms with Gasteiger partial charge in [0.25, 0.3) is 0 Å². The summed E-state index contributed by atoms with van der Waals surface area (Å²) in [6.45, 7) is 0. The van der Waals surface area contributed by atoms with Crippen LogP contribution in [0.3, 0.4) is 0 Å². The molecular weight excluding hydrogens is 256 g/mol. The predicted molar refractivity (Wildman–Crippen MR) is 74.7 cm³/mol. The van der Waals surface area contributed by atoms with E-state index in [9.17, 15) is 9.59 Å². The number of rotatable bonds is 5. The molecule has 1 aliphatic carbocycles. The Balaban J connectivity index is 1.57. The Morgan fingerprint density at radius 1 is 1.20 bits per heavy atom. The van der Waals surface area contributed by atoms with Gasteiger partial charge in [-0.05, 0) is 30.9 Å². The van der Waals surface area contributed by atoms with E-state index in [2.05, 4.69) is 10.9 Å². The molecule has 0 atom stereocenters. The van der Waals surface area contributed by atoms with Gasteiger partial charge in [-0.25, -0.2) is 0 Å². The maximum atomic E-state index is 11.6. The van der Waals surface area contributed by atoms with Crippen LogP contribution in [-0.4, -0.2) is 11.8 Å². The molecule has 1 aliphatic rings. The van der Waals surface area contributed by atoms with Gasteiger partial charge >= 0.3 is 5.91 Å². The molecule has 1 saturated carbocycles. The normalized spacial score (nSPS) is 15.8. The van der Waals surface area contributed by atoms with Gasteiger partial charge in [-0.15, -0.1) is 0 Å². The maximum Gasteiger partial charge on any atom is 0.305 e. The van der Waals surface area contributed by atoms with Crippen molar-refractivity contribution in [1.29, 1.82) is 0 Å². The van der Waals surface area contributed by atoms with E-state index in [1.807, 2.05) is 0 Å². The van der Waals surface area contributed by atoms with Crippen molar-refractivity contribution in [1.82, 2.24) is 10.9 Å². The van der Waals surface area contributed by atoms with Crippen LogP contribution in [0, 0.1) is 5.92 Å². The average molecular weight is 278 g/mol. The van der Waals surface area contributed by atoms with Crippen LogP contribution in [0.5, 0.6) is 0 Å². The van der Waals surface area contributed by atoms with Gasteiger partial charge in [-0.2, -0.15) is 0 Å². The standard InChI is InChI=1S/C15H22N2O3/c18-14(10-4-8-12-6-2-1-3-7-12)16-17-15(19)13-9-5-11-20-13/h5,9,11-12H,1-4,6-8,10H2,(H,16,18)(H,17,19). The van der Waals surface area contributed by atoms with Gasteiger partial charge in [0.2, 0.25) is 5.91 Å². The predicted octanol–water partition coefficient (Wildman–Crippen LogP) is 2.79. The van der Waals surface area contributed by atoms with Crippen LogP contribution >= 0.6 is 0 Å². The zero-order valence-corrected chi connectivity index (χ0v) is 11.7. The van der Waals surface area contributed by atoms with Gasteiger partial charge in [-0.3, -0.25) is 20.4 Å². The van der Waals surface area contributed by atoms with Crippen molar-refractivity contribution in [3.8, 4) is 0 Å². The molecule has 5 heteroatoms. The van der Waals surface area contributed by atoms with Crippen molar-refractivity contribution in [2.24, 2.45) is 5.92 Å². The van der Waals surface area contributed by atoms with Crippen LogP contribution in [-0.2, 0) is 4.79 Å². The lowest BCUT2D eigenvalue weighted by Gasteiger charge is -2.21. The highest BCUT2D eigenvalue weighted by molar-refractivity contribution is 5.92. The number of furan rings is 1. The summed E-state index contributed by atoms with van der Waals surface area (Å²) in [5, 5.41) is 0. The topological polar surface area (TPSA) is 71.3 Å². The number of nitrogens with one attached hydrogen (secondary N) is 2. The molecule has 0 radical (unpaired) electrons. The smallest absolute Gasteiger partial charge is 0.305 e. The maximum absolute atomic E-state index is 11.6. The van der Waals surface area contributed by atoms with E-state index >= 15 is 0 Å². The zero-order valence-electron chi connectivity index (χ0n) is 11.7. The third kappa shape index (κ3) is 4.72. The highest BCUT2D eigenvalue weighted by atomic mass is 16.3. The van der Waals surface area contributed by atoms with E-state index in [1.165, 1.54) is 38.4 Å². The summed E-state index contributed by atoms with van der Waals surface area (Å²) in [5.41, 5.74) is 4.75. The van der Waals surface area contributed by atoms with E-state index in [-0.39, 0.29) is 11.7 Å². The first kappa shape index (κ1) is 14.6. The number of hydrogen-bond donors (Lipinski definition) is 2. The molecule has 2 N–H and O–H groups in total. The number of hydrazine groups is 1. The van der Waals surface area contributed by atoms with Gasteiger partial charge in [0, 0.05) is 6.42 Å². The summed E-state index contributed by atoms with van der Waals surface area (Å²) >= 11 is 0. The number of carbonyl (C=O) groups is 2. The molecular formula is C15H22N2O3. The molecule has 0 bridgehead atoms. The minimum absolute atomic E-state index is 0.152. The van der Waals surface area contributed by atoms with Crippen molar-refractivity contribution in [3.63, 3.8) is 0 Å². The molecule has 0 aromatic carbocycles. The van der Waals surface area contributed by atoms with Crippen molar-refractivity contribution in [3.05, 3.63) is 24.2 Å². The van der Waals surface area contributed by atoms with Crippen LogP contribution in [0.1, 0.15) is 61.9 Å². The number of carbonyl (C=O) groups excluding carboxylic acids is 2. The van der Waals surface area contributed by atoms with Gasteiger partial charge < -0.3 is 4.42 Å². The molecule has 5 nitrogen and oxygen atoms in total. The second kappa shape index (κ2) is 7.72. The van der Waals surface area contributed by atoms with E-state index < -0.39 is 5.91 Å². The van der Waals surface area contributed by atoms with Crippen LogP contribution in [0.25, 0.3) is 0 Å². The number of amides is 2. The Labute approximate surface area is 119 Å². The van der Waals surface area contributed by atoms with Crippen LogP contribution in [0.15, 0.2) is 22.8 Å². The Hall–Kier alpha value is -1.78. The monoisotopic (exact) mass is 278 g/mol. The zero-order chi connectivity index (χ0) is 14.2. The second-order valence-corrected chi connectivity index (χ2v) is 5.38. The van der Waals surface area contributed by atoms with Crippen molar-refractivity contribution in [2.45, 2.75) is 51.4 Å². The van der Waals surface area contributed by atoms with Gasteiger partial charge in [0.1, 0.15) is 0 Å². The Kier molecular flexibility index (Phi) is 5.65. The molecule has 0 spiro atoms. The highest BCUT2D eigenvalue weighted by Gasteiger charge is 2.14. The van der Waals surface area contributed by atoms with Crippen LogP contribution < -0.4 is 10.9 Å². The molecule has 2 rings (SSSR count). The van der Waals surface area contributed by atoms with Crippen LogP contribution in [0.4, 0.5) is 0 Å². The van der Waals surface area contributed by atoms with Crippen molar-refractivity contribution in [2.75, 3.05) is 0 Å². The fourth-order valence-corrected chi connectivity index (χ4v) is 2.69. The first-order valence-electron chi connectivity index (χ1n) is 7.38. The molecule has 1 aromatic heterocycles. The lowest BCUT2D eigenvalue weighted by molar-refractivity contribution is -0.122. The molecule has 20 heavy (non-hydrogen) atoms. The fourth-order valence-electron chi connectivity index (χ4n) is 2.69. The lowest BCUT2D eigenvalue weighted by Crippen LogP contribution is -2.41. The Morgan fingerprint density at radius 2 is 2.00 bits per heavy atom. The Bertz CT molecular complexity index is 422. The summed E-state index contributed by atoms with van der Waals surface area (Å²) in [6.07, 6.45) is 10.5. The molecule has 1 aromatic rings. The summed E-state index contributed by atoms with van der Waals surface area (Å²) in [5.74, 6) is 0.387. The largest absolute Gasteiger partial charge is 0.459 e. The number of hydrogen-bond acceptors (Lipinski definition) is 3. The quantitative estimate of drug-likeness (QED) is 0.813. The summed E-state index contributed by atoms with van der Waals surface area (Å²) < 4.78 is 4.92. The minimum atomic E-state index is -0.435. The molecule has 1 heterocycles. The molecule has 0 saturated heterocycles. The van der Waals surface area contributed by atoms with Gasteiger partial charge in [0.15, 0.2) is 5.76 Å². The summed E-state index contributed by atoms with van der Waals surface area (Å²) in [4.78, 5) is 23.1. The van der Waals surface area contributed by atoms with E-state index in [0.717, 1.165) is 18.8 Å². The SMILES string of the molecule is O=C(CCCC1CCCCC1)NNC(=O)c1ccco1. The van der Waals surface area contributed by atoms with Gasteiger partial charge in [-0.1, -0.05) is 32.1 Å². The second-order valence-electron chi connectivity index (χ2n) is 5.38. The summed E-state index contributed by atoms with van der Waals surface area (Å²) in [6, 6.07) is 3.17. The van der Waals surface area contributed by atoms with Gasteiger partial charge in [0.05, 0.1) is 6.26 Å². The molecule has 2 amide bonds. The third-order valence-corrected chi connectivity index (χ3v) is 3.80. The molecule has 1 fully saturated rings. The highest BCUT2D eigenvalue weighted by Crippen LogP contribution is 2.27. The van der Waals surface area contributed by atoms with Crippen molar-refractivity contribution >= 4 is 11.8 Å². The molecule has 0 unspecified atom stereocenters. The van der Waals surface area contributed by atoms with E-state index in [4.69, 9.17) is 4.42 Å². The molecule has 110 valence electrons. The average Bonchev–Trinajstić information content (AvgIpc) is 3.00. The summed E-state index contributed by atoms with van der Waals surface area (Å²) in [7, 11) is 0. The third-order valence-electron chi connectivity index (χ3n) is 3.80. The van der Waals surface area contributed by atoms with Crippen molar-refractivity contribution < 1.29 is 14.0 Å². The fraction of sp³-hybridized carbons (Fsp3) is 0.600. The molecule has 0 aliphatic heterocycles. The van der Waals surface area contributed by atoms with E-state index in [0.29, 0.717) is 6.42 Å². The minimum Gasteiger partial charge on any atom is -0.459 e. The first-order valence-corrected chi connectivity index (χ1v) is 7.38.